The SMILES string of the molecule is COc1cc(C=Nn2c(-c3cc4ccccc4o3)nc3ccccc3c2=O)cc(Cl)c1OCC#N. The van der Waals surface area contributed by atoms with Crippen LogP contribution in [0, 0.1) is 11.3 Å². The van der Waals surface area contributed by atoms with Crippen LogP contribution in [-0.4, -0.2) is 29.6 Å². The number of para-hydroxylation sites is 2. The highest BCUT2D eigenvalue weighted by Gasteiger charge is 2.17. The fourth-order valence-electron chi connectivity index (χ4n) is 3.67. The maximum Gasteiger partial charge on any atom is 0.282 e. The molecule has 0 spiro atoms. The molecule has 5 aromatic rings. The van der Waals surface area contributed by atoms with Crippen LogP contribution in [0.5, 0.6) is 11.5 Å². The molecule has 3 aromatic carbocycles. The third-order valence-corrected chi connectivity index (χ3v) is 5.54. The Morgan fingerprint density at radius 3 is 2.77 bits per heavy atom. The van der Waals surface area contributed by atoms with Gasteiger partial charge in [-0.05, 0) is 42.0 Å². The second kappa shape index (κ2) is 9.33. The van der Waals surface area contributed by atoms with Crippen LogP contribution in [0.2, 0.25) is 5.02 Å². The standard InChI is InChI=1S/C26H17ClN4O4/c1-33-22-13-16(12-19(27)24(22)34-11-10-28)15-29-31-25(23-14-17-6-2-5-9-21(17)35-23)30-20-8-4-3-7-18(20)26(31)32/h2-9,12-15H,11H2,1H3. The molecule has 35 heavy (non-hydrogen) atoms. The molecule has 0 bridgehead atoms. The van der Waals surface area contributed by atoms with Crippen LogP contribution in [0.25, 0.3) is 33.5 Å². The lowest BCUT2D eigenvalue weighted by atomic mass is 10.2. The van der Waals surface area contributed by atoms with Crippen molar-refractivity contribution in [2.45, 2.75) is 0 Å². The van der Waals surface area contributed by atoms with Crippen molar-refractivity contribution in [1.82, 2.24) is 9.66 Å². The molecule has 0 atom stereocenters. The molecule has 2 heterocycles. The van der Waals surface area contributed by atoms with Gasteiger partial charge in [0.15, 0.2) is 23.9 Å². The van der Waals surface area contributed by atoms with Crippen LogP contribution < -0.4 is 15.0 Å². The van der Waals surface area contributed by atoms with Crippen molar-refractivity contribution in [2.24, 2.45) is 5.10 Å². The van der Waals surface area contributed by atoms with E-state index in [0.29, 0.717) is 33.6 Å². The normalized spacial score (nSPS) is 11.2. The lowest BCUT2D eigenvalue weighted by Crippen LogP contribution is -2.20. The summed E-state index contributed by atoms with van der Waals surface area (Å²) in [6, 6.07) is 21.5. The fraction of sp³-hybridized carbons (Fsp3) is 0.0769. The first kappa shape index (κ1) is 22.2. The Hall–Kier alpha value is -4.61. The molecule has 0 radical (unpaired) electrons. The summed E-state index contributed by atoms with van der Waals surface area (Å²) >= 11 is 6.34. The summed E-state index contributed by atoms with van der Waals surface area (Å²) in [6.07, 6.45) is 1.46. The zero-order valence-corrected chi connectivity index (χ0v) is 19.2. The zero-order chi connectivity index (χ0) is 24.4. The van der Waals surface area contributed by atoms with E-state index in [-0.39, 0.29) is 28.8 Å². The molecule has 2 aromatic heterocycles. The van der Waals surface area contributed by atoms with Gasteiger partial charge in [0.05, 0.1) is 29.2 Å². The Morgan fingerprint density at radius 2 is 1.97 bits per heavy atom. The quantitative estimate of drug-likeness (QED) is 0.305. The van der Waals surface area contributed by atoms with Crippen LogP contribution in [0.3, 0.4) is 0 Å². The minimum atomic E-state index is -0.352. The molecule has 5 rings (SSSR count). The minimum Gasteiger partial charge on any atom is -0.493 e. The first-order valence-electron chi connectivity index (χ1n) is 10.5. The summed E-state index contributed by atoms with van der Waals surface area (Å²) in [5, 5.41) is 14.8. The van der Waals surface area contributed by atoms with Crippen LogP contribution in [0.1, 0.15) is 5.56 Å². The first-order chi connectivity index (χ1) is 17.1. The van der Waals surface area contributed by atoms with E-state index in [1.54, 1.807) is 30.3 Å². The molecule has 0 aliphatic rings. The second-order valence-electron chi connectivity index (χ2n) is 7.44. The van der Waals surface area contributed by atoms with Crippen molar-refractivity contribution in [3.8, 4) is 29.2 Å². The van der Waals surface area contributed by atoms with Crippen molar-refractivity contribution in [3.63, 3.8) is 0 Å². The first-order valence-corrected chi connectivity index (χ1v) is 10.9. The maximum atomic E-state index is 13.4. The van der Waals surface area contributed by atoms with Crippen molar-refractivity contribution >= 4 is 39.7 Å². The van der Waals surface area contributed by atoms with Crippen molar-refractivity contribution in [2.75, 3.05) is 13.7 Å². The maximum absolute atomic E-state index is 13.4. The van der Waals surface area contributed by atoms with Crippen LogP contribution in [0.4, 0.5) is 0 Å². The fourth-order valence-corrected chi connectivity index (χ4v) is 3.94. The Labute approximate surface area is 204 Å². The molecule has 0 N–H and O–H groups in total. The largest absolute Gasteiger partial charge is 0.493 e. The summed E-state index contributed by atoms with van der Waals surface area (Å²) in [7, 11) is 1.46. The number of benzene rings is 3. The van der Waals surface area contributed by atoms with Gasteiger partial charge in [-0.15, -0.1) is 0 Å². The van der Waals surface area contributed by atoms with E-state index in [1.165, 1.54) is 18.0 Å². The summed E-state index contributed by atoms with van der Waals surface area (Å²) in [6.45, 7) is -0.178. The van der Waals surface area contributed by atoms with Gasteiger partial charge in [0.2, 0.25) is 5.82 Å². The third kappa shape index (κ3) is 4.21. The van der Waals surface area contributed by atoms with E-state index in [4.69, 9.17) is 30.8 Å². The van der Waals surface area contributed by atoms with Gasteiger partial charge >= 0.3 is 0 Å². The van der Waals surface area contributed by atoms with E-state index < -0.39 is 0 Å². The predicted octanol–water partition coefficient (Wildman–Crippen LogP) is 5.26. The number of methoxy groups -OCH3 is 1. The summed E-state index contributed by atoms with van der Waals surface area (Å²) < 4.78 is 17.9. The minimum absolute atomic E-state index is 0.178. The molecule has 0 unspecified atom stereocenters. The lowest BCUT2D eigenvalue weighted by Gasteiger charge is -2.11. The number of ether oxygens (including phenoxy) is 2. The molecule has 0 fully saturated rings. The summed E-state index contributed by atoms with van der Waals surface area (Å²) in [4.78, 5) is 18.1. The molecule has 0 saturated carbocycles. The lowest BCUT2D eigenvalue weighted by molar-refractivity contribution is 0.330. The van der Waals surface area contributed by atoms with Crippen LogP contribution in [0.15, 0.2) is 81.0 Å². The molecule has 0 saturated heterocycles. The van der Waals surface area contributed by atoms with Gasteiger partial charge in [-0.2, -0.15) is 15.0 Å². The van der Waals surface area contributed by atoms with Crippen molar-refractivity contribution in [1.29, 1.82) is 5.26 Å². The average molecular weight is 485 g/mol. The zero-order valence-electron chi connectivity index (χ0n) is 18.4. The topological polar surface area (TPSA) is 103 Å². The number of fused-ring (bicyclic) bond motifs is 2. The summed E-state index contributed by atoms with van der Waals surface area (Å²) in [5.74, 6) is 1.24. The van der Waals surface area contributed by atoms with E-state index in [0.717, 1.165) is 5.39 Å². The van der Waals surface area contributed by atoms with Gasteiger partial charge in [-0.25, -0.2) is 4.98 Å². The predicted molar refractivity (Wildman–Crippen MR) is 133 cm³/mol. The van der Waals surface area contributed by atoms with Gasteiger partial charge in [-0.1, -0.05) is 41.9 Å². The highest BCUT2D eigenvalue weighted by Crippen LogP contribution is 2.36. The van der Waals surface area contributed by atoms with E-state index in [1.807, 2.05) is 42.5 Å². The van der Waals surface area contributed by atoms with E-state index in [2.05, 4.69) is 10.1 Å². The average Bonchev–Trinajstić information content (AvgIpc) is 3.31. The number of halogens is 1. The number of hydrogen-bond acceptors (Lipinski definition) is 7. The van der Waals surface area contributed by atoms with Gasteiger partial charge in [-0.3, -0.25) is 4.79 Å². The van der Waals surface area contributed by atoms with Crippen LogP contribution >= 0.6 is 11.6 Å². The Kier molecular flexibility index (Phi) is 5.92. The Morgan fingerprint density at radius 1 is 1.17 bits per heavy atom. The molecule has 0 aliphatic carbocycles. The second-order valence-corrected chi connectivity index (χ2v) is 7.85. The van der Waals surface area contributed by atoms with Crippen LogP contribution in [-0.2, 0) is 0 Å². The third-order valence-electron chi connectivity index (χ3n) is 5.25. The number of furan rings is 1. The Balaban J connectivity index is 1.65. The smallest absolute Gasteiger partial charge is 0.282 e. The highest BCUT2D eigenvalue weighted by atomic mass is 35.5. The number of rotatable bonds is 6. The summed E-state index contributed by atoms with van der Waals surface area (Å²) in [5.41, 5.74) is 1.40. The number of nitrogens with zero attached hydrogens (tertiary/aromatic N) is 4. The highest BCUT2D eigenvalue weighted by molar-refractivity contribution is 6.32. The van der Waals surface area contributed by atoms with Gasteiger partial charge < -0.3 is 13.9 Å². The van der Waals surface area contributed by atoms with Gasteiger partial charge in [0, 0.05) is 5.39 Å². The van der Waals surface area contributed by atoms with Gasteiger partial charge in [0.1, 0.15) is 11.7 Å². The van der Waals surface area contributed by atoms with Crippen molar-refractivity contribution in [3.05, 3.63) is 87.7 Å². The molecule has 8 nitrogen and oxygen atoms in total. The molecule has 9 heteroatoms. The number of nitriles is 1. The molecular formula is C26H17ClN4O4. The number of aromatic nitrogens is 2. The van der Waals surface area contributed by atoms with E-state index >= 15 is 0 Å². The molecular weight excluding hydrogens is 468 g/mol. The molecule has 0 aliphatic heterocycles. The molecule has 172 valence electrons. The van der Waals surface area contributed by atoms with E-state index in [9.17, 15) is 4.79 Å². The monoisotopic (exact) mass is 484 g/mol. The Bertz CT molecular complexity index is 1670. The molecule has 0 amide bonds. The van der Waals surface area contributed by atoms with Crippen molar-refractivity contribution < 1.29 is 13.9 Å². The van der Waals surface area contributed by atoms with Gasteiger partial charge in [0.25, 0.3) is 5.56 Å². The number of hydrogen-bond donors (Lipinski definition) is 0.